The number of fused-ring (bicyclic) bond motifs is 1. The van der Waals surface area contributed by atoms with E-state index in [1.165, 1.54) is 10.4 Å². The third-order valence-electron chi connectivity index (χ3n) is 5.52. The van der Waals surface area contributed by atoms with Crippen LogP contribution in [0, 0.1) is 13.8 Å². The maximum absolute atomic E-state index is 13.0. The van der Waals surface area contributed by atoms with Crippen LogP contribution in [0.15, 0.2) is 29.2 Å². The van der Waals surface area contributed by atoms with Crippen molar-refractivity contribution in [2.45, 2.75) is 38.5 Å². The highest BCUT2D eigenvalue weighted by molar-refractivity contribution is 7.89. The minimum absolute atomic E-state index is 0.277. The van der Waals surface area contributed by atoms with E-state index in [0.717, 1.165) is 34.7 Å². The molecule has 1 aliphatic heterocycles. The van der Waals surface area contributed by atoms with Gasteiger partial charge in [-0.1, -0.05) is 18.5 Å². The Hall–Kier alpha value is -1.74. The van der Waals surface area contributed by atoms with Crippen LogP contribution in [0.1, 0.15) is 29.6 Å². The van der Waals surface area contributed by atoms with Crippen molar-refractivity contribution in [2.24, 2.45) is 0 Å². The molecule has 4 rings (SSSR count). The number of halogens is 1. The van der Waals surface area contributed by atoms with Crippen LogP contribution in [0.25, 0.3) is 10.2 Å². The number of aromatic nitrogens is 2. The summed E-state index contributed by atoms with van der Waals surface area (Å²) in [6.07, 6.45) is 1.82. The quantitative estimate of drug-likeness (QED) is 0.559. The first-order chi connectivity index (χ1) is 14.3. The molecule has 3 aromatic rings. The van der Waals surface area contributed by atoms with Gasteiger partial charge in [0.15, 0.2) is 0 Å². The first-order valence-corrected chi connectivity index (χ1v) is 12.7. The fourth-order valence-corrected chi connectivity index (χ4v) is 6.32. The molecule has 0 amide bonds. The largest absolute Gasteiger partial charge is 0.353 e. The Labute approximate surface area is 186 Å². The Kier molecular flexibility index (Phi) is 6.03. The number of rotatable bonds is 5. The van der Waals surface area contributed by atoms with Gasteiger partial charge in [-0.2, -0.15) is 4.31 Å². The van der Waals surface area contributed by atoms with Crippen molar-refractivity contribution in [3.63, 3.8) is 0 Å². The molecule has 1 fully saturated rings. The average Bonchev–Trinajstić information content (AvgIpc) is 3.02. The number of hydrogen-bond donors (Lipinski definition) is 0. The number of piperazine rings is 1. The Bertz CT molecular complexity index is 1170. The highest BCUT2D eigenvalue weighted by Gasteiger charge is 2.30. The number of nitrogens with zero attached hydrogens (tertiary/aromatic N) is 4. The van der Waals surface area contributed by atoms with Crippen LogP contribution in [0.5, 0.6) is 0 Å². The summed E-state index contributed by atoms with van der Waals surface area (Å²) in [4.78, 5) is 14.4. The van der Waals surface area contributed by atoms with Crippen LogP contribution < -0.4 is 4.90 Å². The molecule has 0 atom stereocenters. The molecule has 0 unspecified atom stereocenters. The second-order valence-electron chi connectivity index (χ2n) is 7.52. The van der Waals surface area contributed by atoms with Crippen LogP contribution >= 0.6 is 22.9 Å². The first-order valence-electron chi connectivity index (χ1n) is 10.1. The molecule has 0 aliphatic carbocycles. The summed E-state index contributed by atoms with van der Waals surface area (Å²) in [5.41, 5.74) is 1.21. The van der Waals surface area contributed by atoms with Gasteiger partial charge < -0.3 is 4.90 Å². The number of anilines is 1. The minimum atomic E-state index is -3.53. The molecule has 0 radical (unpaired) electrons. The number of thiophene rings is 1. The zero-order chi connectivity index (χ0) is 21.5. The van der Waals surface area contributed by atoms with E-state index in [1.807, 2.05) is 0 Å². The third kappa shape index (κ3) is 3.93. The van der Waals surface area contributed by atoms with Crippen molar-refractivity contribution in [3.05, 3.63) is 45.6 Å². The van der Waals surface area contributed by atoms with Gasteiger partial charge in [0.1, 0.15) is 16.5 Å². The molecule has 6 nitrogen and oxygen atoms in total. The zero-order valence-corrected chi connectivity index (χ0v) is 19.7. The van der Waals surface area contributed by atoms with Crippen molar-refractivity contribution in [1.82, 2.24) is 14.3 Å². The van der Waals surface area contributed by atoms with Crippen LogP contribution in [-0.4, -0.2) is 48.9 Å². The summed E-state index contributed by atoms with van der Waals surface area (Å²) in [6, 6.07) is 6.34. The van der Waals surface area contributed by atoms with Crippen molar-refractivity contribution in [1.29, 1.82) is 0 Å². The van der Waals surface area contributed by atoms with Crippen molar-refractivity contribution < 1.29 is 8.42 Å². The summed E-state index contributed by atoms with van der Waals surface area (Å²) in [7, 11) is -3.53. The molecule has 30 heavy (non-hydrogen) atoms. The fraction of sp³-hybridized carbons (Fsp3) is 0.429. The lowest BCUT2D eigenvalue weighted by molar-refractivity contribution is 0.384. The van der Waals surface area contributed by atoms with E-state index in [0.29, 0.717) is 31.2 Å². The lowest BCUT2D eigenvalue weighted by Crippen LogP contribution is -2.49. The van der Waals surface area contributed by atoms with E-state index in [1.54, 1.807) is 39.9 Å². The molecule has 0 spiro atoms. The Morgan fingerprint density at radius 1 is 1.07 bits per heavy atom. The van der Waals surface area contributed by atoms with E-state index in [-0.39, 0.29) is 4.90 Å². The molecule has 0 saturated carbocycles. The van der Waals surface area contributed by atoms with E-state index >= 15 is 0 Å². The van der Waals surface area contributed by atoms with E-state index in [9.17, 15) is 8.42 Å². The molecule has 1 aromatic carbocycles. The van der Waals surface area contributed by atoms with Gasteiger partial charge in [0.2, 0.25) is 10.0 Å². The highest BCUT2D eigenvalue weighted by atomic mass is 35.5. The van der Waals surface area contributed by atoms with Gasteiger partial charge in [-0.05, 0) is 50.1 Å². The lowest BCUT2D eigenvalue weighted by Gasteiger charge is -2.35. The second-order valence-corrected chi connectivity index (χ2v) is 11.1. The monoisotopic (exact) mass is 464 g/mol. The van der Waals surface area contributed by atoms with Gasteiger partial charge in [0.25, 0.3) is 0 Å². The van der Waals surface area contributed by atoms with Crippen molar-refractivity contribution in [3.8, 4) is 0 Å². The molecule has 3 heterocycles. The zero-order valence-electron chi connectivity index (χ0n) is 17.4. The maximum Gasteiger partial charge on any atom is 0.243 e. The molecule has 0 N–H and O–H groups in total. The Morgan fingerprint density at radius 2 is 1.73 bits per heavy atom. The maximum atomic E-state index is 13.0. The van der Waals surface area contributed by atoms with Gasteiger partial charge in [-0.15, -0.1) is 11.3 Å². The second kappa shape index (κ2) is 8.42. The summed E-state index contributed by atoms with van der Waals surface area (Å²) < 4.78 is 27.5. The summed E-state index contributed by atoms with van der Waals surface area (Å²) in [6.45, 7) is 8.38. The molecule has 9 heteroatoms. The summed E-state index contributed by atoms with van der Waals surface area (Å²) in [5, 5.41) is 1.63. The van der Waals surface area contributed by atoms with Crippen molar-refractivity contribution in [2.75, 3.05) is 31.1 Å². The van der Waals surface area contributed by atoms with Gasteiger partial charge >= 0.3 is 0 Å². The molecular formula is C21H25ClN4O2S2. The number of benzene rings is 1. The van der Waals surface area contributed by atoms with E-state index in [2.05, 4.69) is 25.7 Å². The highest BCUT2D eigenvalue weighted by Crippen LogP contribution is 2.35. The van der Waals surface area contributed by atoms with E-state index < -0.39 is 10.0 Å². The molecule has 0 bridgehead atoms. The summed E-state index contributed by atoms with van der Waals surface area (Å²) in [5.74, 6) is 1.80. The Morgan fingerprint density at radius 3 is 2.37 bits per heavy atom. The minimum Gasteiger partial charge on any atom is -0.353 e. The summed E-state index contributed by atoms with van der Waals surface area (Å²) >= 11 is 7.61. The van der Waals surface area contributed by atoms with Crippen molar-refractivity contribution >= 4 is 49.0 Å². The van der Waals surface area contributed by atoms with Gasteiger partial charge in [0, 0.05) is 42.5 Å². The van der Waals surface area contributed by atoms with Gasteiger partial charge in [0.05, 0.1) is 10.3 Å². The normalized spacial score (nSPS) is 15.8. The lowest BCUT2D eigenvalue weighted by atomic mass is 10.2. The predicted molar refractivity (Wildman–Crippen MR) is 123 cm³/mol. The van der Waals surface area contributed by atoms with Crippen LogP contribution in [-0.2, 0) is 16.4 Å². The van der Waals surface area contributed by atoms with Crippen LogP contribution in [0.4, 0.5) is 5.82 Å². The molecule has 1 saturated heterocycles. The van der Waals surface area contributed by atoms with Gasteiger partial charge in [-0.25, -0.2) is 18.4 Å². The average molecular weight is 465 g/mol. The van der Waals surface area contributed by atoms with Crippen LogP contribution in [0.2, 0.25) is 5.02 Å². The molecule has 1 aliphatic rings. The smallest absolute Gasteiger partial charge is 0.243 e. The fourth-order valence-electron chi connectivity index (χ4n) is 3.73. The number of hydrogen-bond acceptors (Lipinski definition) is 6. The number of sulfonamides is 1. The van der Waals surface area contributed by atoms with E-state index in [4.69, 9.17) is 21.6 Å². The number of aryl methyl sites for hydroxylation is 3. The topological polar surface area (TPSA) is 66.4 Å². The molecular weight excluding hydrogens is 440 g/mol. The predicted octanol–water partition coefficient (Wildman–Crippen LogP) is 4.42. The van der Waals surface area contributed by atoms with Gasteiger partial charge in [-0.3, -0.25) is 0 Å². The first kappa shape index (κ1) is 21.5. The molecule has 2 aromatic heterocycles. The molecule has 160 valence electrons. The Balaban J connectivity index is 1.61. The standard InChI is InChI=1S/C21H25ClN4O2S2/c1-4-5-18-23-20(19-14(2)15(3)29-21(19)24-18)25-10-12-26(13-11-25)30(27,28)17-8-6-16(22)7-9-17/h6-9H,4-5,10-13H2,1-3H3. The SMILES string of the molecule is CCCc1nc(N2CCN(S(=O)(=O)c3ccc(Cl)cc3)CC2)c2c(C)c(C)sc2n1. The van der Waals surface area contributed by atoms with Crippen LogP contribution in [0.3, 0.4) is 0 Å². The third-order valence-corrected chi connectivity index (χ3v) is 8.79.